The number of ketones is 1. The van der Waals surface area contributed by atoms with Crippen molar-refractivity contribution in [3.05, 3.63) is 160 Å². The van der Waals surface area contributed by atoms with E-state index in [1.165, 1.54) is 11.1 Å². The molecule has 5 aromatic rings. The molecule has 336 valence electrons. The minimum Gasteiger partial charge on any atom is -0.508 e. The Balaban J connectivity index is 0.969. The maximum absolute atomic E-state index is 13.7. The van der Waals surface area contributed by atoms with Gasteiger partial charge in [-0.15, -0.1) is 0 Å². The predicted molar refractivity (Wildman–Crippen MR) is 259 cm³/mol. The Bertz CT molecular complexity index is 2630. The number of carbonyl (C=O) groups is 1. The average Bonchev–Trinajstić information content (AvgIpc) is 3.30. The largest absolute Gasteiger partial charge is 0.508 e. The van der Waals surface area contributed by atoms with Crippen molar-refractivity contribution >= 4 is 28.3 Å². The molecule has 0 spiro atoms. The number of carbonyl (C=O) groups excluding carboxylic acids is 1. The van der Waals surface area contributed by atoms with E-state index in [-0.39, 0.29) is 53.9 Å². The third kappa shape index (κ3) is 11.3. The summed E-state index contributed by atoms with van der Waals surface area (Å²) in [6, 6.07) is 30.4. The normalized spacial score (nSPS) is 20.3. The number of Topliss-reactive ketones (excluding diaryl/α,β-unsaturated/α-hetero) is 1. The molecule has 8 heteroatoms. The van der Waals surface area contributed by atoms with Gasteiger partial charge in [0.05, 0.1) is 19.3 Å². The maximum Gasteiger partial charge on any atom is 0.161 e. The number of anilines is 1. The van der Waals surface area contributed by atoms with Crippen LogP contribution in [0.15, 0.2) is 121 Å². The molecule has 5 aromatic carbocycles. The van der Waals surface area contributed by atoms with E-state index in [0.29, 0.717) is 37.4 Å². The van der Waals surface area contributed by atoms with Crippen molar-refractivity contribution in [2.75, 3.05) is 12.4 Å². The molecule has 6 unspecified atom stereocenters. The number of aliphatic hydroxyl groups excluding tert-OH is 2. The zero-order valence-electron chi connectivity index (χ0n) is 37.8. The highest BCUT2D eigenvalue weighted by atomic mass is 16.5. The highest BCUT2D eigenvalue weighted by Crippen LogP contribution is 2.42. The molecule has 65 heavy (non-hydrogen) atoms. The second kappa shape index (κ2) is 21.0. The van der Waals surface area contributed by atoms with Crippen molar-refractivity contribution in [3.63, 3.8) is 0 Å². The molecule has 4 N–H and O–H groups in total. The van der Waals surface area contributed by atoms with Crippen LogP contribution in [0.2, 0.25) is 0 Å². The van der Waals surface area contributed by atoms with Crippen LogP contribution in [0.4, 0.5) is 5.69 Å². The average molecular weight is 872 g/mol. The van der Waals surface area contributed by atoms with Crippen molar-refractivity contribution in [2.24, 2.45) is 11.8 Å². The molecule has 2 aliphatic heterocycles. The fraction of sp³-hybridized carbons (Fsp3) is 0.351. The topological polar surface area (TPSA) is 117 Å². The molecule has 6 bridgehead atoms. The number of aryl methyl sites for hydroxylation is 2. The summed E-state index contributed by atoms with van der Waals surface area (Å²) >= 11 is 0. The number of nitrogens with one attached hydrogen (secondary N) is 1. The number of hydrogen-bond acceptors (Lipinski definition) is 8. The molecule has 0 radical (unpaired) electrons. The number of phenolic OH excluding ortho intramolecular Hbond substituents is 1. The lowest BCUT2D eigenvalue weighted by Crippen LogP contribution is -2.33. The summed E-state index contributed by atoms with van der Waals surface area (Å²) in [5, 5.41) is 38.2. The molecule has 8 nitrogen and oxygen atoms in total. The van der Waals surface area contributed by atoms with E-state index in [9.17, 15) is 20.1 Å². The number of aromatic hydroxyl groups is 1. The lowest BCUT2D eigenvalue weighted by atomic mass is 9.80. The van der Waals surface area contributed by atoms with E-state index in [0.717, 1.165) is 76.4 Å². The molecule has 0 aromatic heterocycles. The van der Waals surface area contributed by atoms with Gasteiger partial charge >= 0.3 is 0 Å². The highest BCUT2D eigenvalue weighted by Gasteiger charge is 2.27. The SMILES string of the molecule is COc1ccc2cc1OCc1ccc3c(c(O)cc4c3c1C=CC4C)CC#COC(CC1C=C(O)C=CC1CCCCc1cccc(NC(Cc3ccccc3)C(C)O)c1)CC(=O)CC2. The van der Waals surface area contributed by atoms with E-state index in [2.05, 4.69) is 91.0 Å². The van der Waals surface area contributed by atoms with Crippen LogP contribution in [-0.2, 0) is 41.8 Å². The number of fused-ring (bicyclic) bond motifs is 9. The summed E-state index contributed by atoms with van der Waals surface area (Å²) in [5.41, 5.74) is 8.27. The number of ether oxygens (including phenoxy) is 3. The van der Waals surface area contributed by atoms with Gasteiger partial charge in [-0.25, -0.2) is 0 Å². The molecule has 4 aliphatic rings. The number of rotatable bonds is 13. The monoisotopic (exact) mass is 871 g/mol. The lowest BCUT2D eigenvalue weighted by Gasteiger charge is -2.28. The van der Waals surface area contributed by atoms with Crippen LogP contribution in [0.1, 0.15) is 97.2 Å². The third-order valence-corrected chi connectivity index (χ3v) is 13.3. The van der Waals surface area contributed by atoms with Crippen molar-refractivity contribution in [1.29, 1.82) is 0 Å². The van der Waals surface area contributed by atoms with Gasteiger partial charge in [0.2, 0.25) is 0 Å². The number of allylic oxidation sites excluding steroid dienone is 4. The number of phenols is 1. The Morgan fingerprint density at radius 2 is 1.75 bits per heavy atom. The van der Waals surface area contributed by atoms with Crippen LogP contribution in [0.5, 0.6) is 17.2 Å². The standard InChI is InChI=1S/C57H61NO7/c1-37-18-25-49-43-22-26-51-50(54(62)35-52(37)57(49)51)17-10-28-64-48(34-47(61)23-19-41-20-27-55(63-3)56(31-41)65-36-43)33-44-32-46(60)24-21-42(44)15-8-7-13-39-14-9-16-45(29-39)58-53(38(2)59)30-40-11-5-4-6-12-40/h4-6,9,11-12,14,16,18,20-22,24-27,29,31-32,35,37-38,42,44,48,53,58-60,62H,7-8,13,15,17,19,23,30,33-34,36H2,1-3H3. The minimum atomic E-state index is -0.517. The van der Waals surface area contributed by atoms with E-state index < -0.39 is 12.2 Å². The second-order valence-electron chi connectivity index (χ2n) is 18.0. The molecular weight excluding hydrogens is 811 g/mol. The molecular formula is C57H61NO7. The molecule has 2 heterocycles. The van der Waals surface area contributed by atoms with Gasteiger partial charge in [-0.3, -0.25) is 4.79 Å². The van der Waals surface area contributed by atoms with Crippen molar-refractivity contribution < 1.29 is 34.3 Å². The first-order valence-electron chi connectivity index (χ1n) is 23.2. The lowest BCUT2D eigenvalue weighted by molar-refractivity contribution is -0.121. The Morgan fingerprint density at radius 3 is 2.58 bits per heavy atom. The molecule has 0 fully saturated rings. The smallest absolute Gasteiger partial charge is 0.161 e. The fourth-order valence-electron chi connectivity index (χ4n) is 9.65. The highest BCUT2D eigenvalue weighted by molar-refractivity contribution is 6.00. The van der Waals surface area contributed by atoms with Crippen LogP contribution in [0.3, 0.4) is 0 Å². The first-order chi connectivity index (χ1) is 31.6. The molecule has 2 aliphatic carbocycles. The van der Waals surface area contributed by atoms with Gasteiger partial charge in [0, 0.05) is 36.4 Å². The molecule has 9 rings (SSSR count). The van der Waals surface area contributed by atoms with Crippen molar-refractivity contribution in [3.8, 4) is 29.3 Å². The van der Waals surface area contributed by atoms with Crippen LogP contribution >= 0.6 is 0 Å². The fourth-order valence-corrected chi connectivity index (χ4v) is 9.65. The summed E-state index contributed by atoms with van der Waals surface area (Å²) in [5.74, 6) is 5.13. The Labute approximate surface area is 383 Å². The van der Waals surface area contributed by atoms with E-state index >= 15 is 0 Å². The Kier molecular flexibility index (Phi) is 14.6. The molecule has 0 saturated carbocycles. The van der Waals surface area contributed by atoms with Gasteiger partial charge in [0.25, 0.3) is 0 Å². The van der Waals surface area contributed by atoms with E-state index in [4.69, 9.17) is 14.2 Å². The third-order valence-electron chi connectivity index (χ3n) is 13.3. The second-order valence-corrected chi connectivity index (χ2v) is 18.0. The maximum atomic E-state index is 13.7. The van der Waals surface area contributed by atoms with Gasteiger partial charge in [-0.2, -0.15) is 0 Å². The zero-order valence-corrected chi connectivity index (χ0v) is 37.8. The van der Waals surface area contributed by atoms with Gasteiger partial charge in [0.1, 0.15) is 36.1 Å². The van der Waals surface area contributed by atoms with Gasteiger partial charge in [-0.05, 0) is 144 Å². The first kappa shape index (κ1) is 45.1. The summed E-state index contributed by atoms with van der Waals surface area (Å²) in [7, 11) is 1.63. The summed E-state index contributed by atoms with van der Waals surface area (Å²) in [4.78, 5) is 13.7. The van der Waals surface area contributed by atoms with Gasteiger partial charge in [-0.1, -0.05) is 98.2 Å². The van der Waals surface area contributed by atoms with Crippen LogP contribution in [0.25, 0.3) is 16.8 Å². The number of hydrogen-bond donors (Lipinski definition) is 4. The zero-order chi connectivity index (χ0) is 45.3. The van der Waals surface area contributed by atoms with Crippen LogP contribution in [-0.4, -0.2) is 46.5 Å². The van der Waals surface area contributed by atoms with Gasteiger partial charge in [0.15, 0.2) is 11.5 Å². The molecule has 6 atom stereocenters. The van der Waals surface area contributed by atoms with E-state index in [1.807, 2.05) is 55.5 Å². The van der Waals surface area contributed by atoms with Crippen LogP contribution in [0, 0.1) is 23.9 Å². The predicted octanol–water partition coefficient (Wildman–Crippen LogP) is 11.5. The van der Waals surface area contributed by atoms with Crippen molar-refractivity contribution in [1.82, 2.24) is 0 Å². The van der Waals surface area contributed by atoms with E-state index in [1.54, 1.807) is 13.2 Å². The Hall–Kier alpha value is -6.43. The number of methoxy groups -OCH3 is 1. The molecule has 0 saturated heterocycles. The summed E-state index contributed by atoms with van der Waals surface area (Å²) < 4.78 is 18.4. The van der Waals surface area contributed by atoms with Gasteiger partial charge < -0.3 is 34.8 Å². The quantitative estimate of drug-likeness (QED) is 0.0683. The van der Waals surface area contributed by atoms with Crippen LogP contribution < -0.4 is 14.8 Å². The number of aliphatic hydroxyl groups is 2. The number of benzene rings is 5. The van der Waals surface area contributed by atoms with Crippen molar-refractivity contribution in [2.45, 2.75) is 109 Å². The molecule has 0 amide bonds. The number of unbranched alkanes of at least 4 members (excludes halogenated alkanes) is 1. The minimum absolute atomic E-state index is 0.0502. The first-order valence-corrected chi connectivity index (χ1v) is 23.2. The Morgan fingerprint density at radius 1 is 0.908 bits per heavy atom. The summed E-state index contributed by atoms with van der Waals surface area (Å²) in [6.45, 7) is 4.28. The summed E-state index contributed by atoms with van der Waals surface area (Å²) in [6.07, 6.45) is 18.4.